The Morgan fingerprint density at radius 3 is 2.35 bits per heavy atom. The molecule has 7 nitrogen and oxygen atoms in total. The second-order valence-corrected chi connectivity index (χ2v) is 9.25. The molecule has 1 aliphatic rings. The van der Waals surface area contributed by atoms with Crippen LogP contribution in [0.3, 0.4) is 0 Å². The number of aromatic hydroxyl groups is 2. The van der Waals surface area contributed by atoms with E-state index in [4.69, 9.17) is 28.6 Å². The predicted octanol–water partition coefficient (Wildman–Crippen LogP) is 5.38. The van der Waals surface area contributed by atoms with Gasteiger partial charge in [-0.3, -0.25) is 14.5 Å². The number of thioether (sulfide) groups is 1. The van der Waals surface area contributed by atoms with Crippen molar-refractivity contribution in [2.24, 2.45) is 0 Å². The maximum absolute atomic E-state index is 12.7. The minimum atomic E-state index is -0.440. The molecular formula is C24H17ClN2O5S2. The molecule has 0 aliphatic carbocycles. The fraction of sp³-hybridized carbons (Fsp3) is 0.0417. The Morgan fingerprint density at radius 2 is 1.71 bits per heavy atom. The first kappa shape index (κ1) is 23.6. The number of benzene rings is 3. The minimum absolute atomic E-state index is 0.0940. The van der Waals surface area contributed by atoms with Gasteiger partial charge in [-0.1, -0.05) is 35.6 Å². The summed E-state index contributed by atoms with van der Waals surface area (Å²) in [6.45, 7) is -0.257. The fourth-order valence-electron chi connectivity index (χ4n) is 3.02. The monoisotopic (exact) mass is 512 g/mol. The quantitative estimate of drug-likeness (QED) is 0.301. The number of carbonyl (C=O) groups is 2. The normalized spacial score (nSPS) is 14.5. The number of nitrogens with zero attached hydrogens (tertiary/aromatic N) is 1. The molecule has 10 heteroatoms. The summed E-state index contributed by atoms with van der Waals surface area (Å²) in [4.78, 5) is 26.7. The Kier molecular flexibility index (Phi) is 7.06. The molecule has 1 heterocycles. The first-order valence-corrected chi connectivity index (χ1v) is 11.5. The van der Waals surface area contributed by atoms with E-state index >= 15 is 0 Å². The number of carbonyl (C=O) groups excluding carboxylic acids is 2. The largest absolute Gasteiger partial charge is 0.508 e. The molecule has 2 amide bonds. The highest BCUT2D eigenvalue weighted by Gasteiger charge is 2.33. The summed E-state index contributed by atoms with van der Waals surface area (Å²) in [5.74, 6) is 0.0831. The lowest BCUT2D eigenvalue weighted by Gasteiger charge is -2.14. The van der Waals surface area contributed by atoms with Crippen LogP contribution in [-0.4, -0.2) is 37.8 Å². The standard InChI is InChI=1S/C24H17ClN2O5S2/c25-15-2-7-18(8-3-15)32-19-9-4-16(5-10-19)26-22(30)13-27-23(31)21(34-24(27)33)11-14-1-6-17(28)12-20(14)29/h1-12,28-29H,13H2,(H,26,30)/b21-11-. The Balaban J connectivity index is 1.37. The van der Waals surface area contributed by atoms with Gasteiger partial charge in [-0.05, 0) is 66.7 Å². The summed E-state index contributed by atoms with van der Waals surface area (Å²) in [5, 5.41) is 22.7. The van der Waals surface area contributed by atoms with Crippen LogP contribution in [-0.2, 0) is 9.59 Å². The number of phenols is 2. The van der Waals surface area contributed by atoms with Crippen molar-refractivity contribution >= 4 is 63.5 Å². The number of phenolic OH excluding ortho intramolecular Hbond substituents is 2. The van der Waals surface area contributed by atoms with Gasteiger partial charge in [-0.25, -0.2) is 0 Å². The average molecular weight is 513 g/mol. The summed E-state index contributed by atoms with van der Waals surface area (Å²) in [7, 11) is 0. The number of ether oxygens (including phenoxy) is 1. The highest BCUT2D eigenvalue weighted by molar-refractivity contribution is 8.26. The molecule has 1 saturated heterocycles. The van der Waals surface area contributed by atoms with Crippen molar-refractivity contribution in [2.75, 3.05) is 11.9 Å². The maximum Gasteiger partial charge on any atom is 0.266 e. The number of rotatable bonds is 6. The SMILES string of the molecule is O=C(CN1C(=O)/C(=C/c2ccc(O)cc2O)SC1=S)Nc1ccc(Oc2ccc(Cl)cc2)cc1. The molecule has 34 heavy (non-hydrogen) atoms. The zero-order chi connectivity index (χ0) is 24.2. The van der Waals surface area contributed by atoms with Gasteiger partial charge in [0.25, 0.3) is 5.91 Å². The van der Waals surface area contributed by atoms with Gasteiger partial charge in [-0.15, -0.1) is 0 Å². The Hall–Kier alpha value is -3.53. The van der Waals surface area contributed by atoms with Crippen molar-refractivity contribution in [3.63, 3.8) is 0 Å². The number of nitrogens with one attached hydrogen (secondary N) is 1. The third-order valence-corrected chi connectivity index (χ3v) is 6.29. The van der Waals surface area contributed by atoms with Gasteiger partial charge >= 0.3 is 0 Å². The van der Waals surface area contributed by atoms with Crippen molar-refractivity contribution in [1.29, 1.82) is 0 Å². The molecule has 172 valence electrons. The Bertz CT molecular complexity index is 1290. The first-order chi connectivity index (χ1) is 16.3. The summed E-state index contributed by atoms with van der Waals surface area (Å²) in [6, 6.07) is 17.8. The van der Waals surface area contributed by atoms with Gasteiger partial charge in [0.1, 0.15) is 33.9 Å². The molecule has 0 aromatic heterocycles. The summed E-state index contributed by atoms with van der Waals surface area (Å²) in [5.41, 5.74) is 0.882. The van der Waals surface area contributed by atoms with Crippen LogP contribution in [0.15, 0.2) is 71.6 Å². The summed E-state index contributed by atoms with van der Waals surface area (Å²) in [6.07, 6.45) is 1.46. The van der Waals surface area contributed by atoms with E-state index in [1.807, 2.05) is 0 Å². The fourth-order valence-corrected chi connectivity index (χ4v) is 4.39. The van der Waals surface area contributed by atoms with Crippen LogP contribution in [0, 0.1) is 0 Å². The topological polar surface area (TPSA) is 99.1 Å². The summed E-state index contributed by atoms with van der Waals surface area (Å²) < 4.78 is 5.96. The van der Waals surface area contributed by atoms with Crippen LogP contribution in [0.25, 0.3) is 6.08 Å². The molecule has 0 unspecified atom stereocenters. The van der Waals surface area contributed by atoms with Crippen molar-refractivity contribution < 1.29 is 24.5 Å². The van der Waals surface area contributed by atoms with E-state index in [1.54, 1.807) is 48.5 Å². The molecule has 0 saturated carbocycles. The van der Waals surface area contributed by atoms with Gasteiger partial charge in [-0.2, -0.15) is 0 Å². The Morgan fingerprint density at radius 1 is 1.06 bits per heavy atom. The number of amides is 2. The lowest BCUT2D eigenvalue weighted by Crippen LogP contribution is -2.36. The van der Waals surface area contributed by atoms with Crippen LogP contribution in [0.5, 0.6) is 23.0 Å². The second kappa shape index (κ2) is 10.2. The van der Waals surface area contributed by atoms with Crippen LogP contribution >= 0.6 is 35.6 Å². The third-order valence-electron chi connectivity index (χ3n) is 4.66. The smallest absolute Gasteiger partial charge is 0.266 e. The number of halogens is 1. The van der Waals surface area contributed by atoms with E-state index in [0.717, 1.165) is 11.8 Å². The molecular weight excluding hydrogens is 496 g/mol. The van der Waals surface area contributed by atoms with Crippen LogP contribution in [0.4, 0.5) is 5.69 Å². The molecule has 0 radical (unpaired) electrons. The van der Waals surface area contributed by atoms with Crippen LogP contribution in [0.1, 0.15) is 5.56 Å². The lowest BCUT2D eigenvalue weighted by molar-refractivity contribution is -0.126. The van der Waals surface area contributed by atoms with Gasteiger partial charge in [0.15, 0.2) is 0 Å². The number of hydrogen-bond acceptors (Lipinski definition) is 7. The van der Waals surface area contributed by atoms with Crippen LogP contribution < -0.4 is 10.1 Å². The molecule has 1 fully saturated rings. The van der Waals surface area contributed by atoms with Crippen LogP contribution in [0.2, 0.25) is 5.02 Å². The Labute approximate surface area is 209 Å². The highest BCUT2D eigenvalue weighted by atomic mass is 35.5. The molecule has 0 bridgehead atoms. The van der Waals surface area contributed by atoms with Gasteiger partial charge in [0.05, 0.1) is 4.91 Å². The van der Waals surface area contributed by atoms with Crippen molar-refractivity contribution in [2.45, 2.75) is 0 Å². The number of anilines is 1. The summed E-state index contributed by atoms with van der Waals surface area (Å²) >= 11 is 12.2. The van der Waals surface area contributed by atoms with Crippen molar-refractivity contribution in [3.05, 3.63) is 82.2 Å². The maximum atomic E-state index is 12.7. The molecule has 1 aliphatic heterocycles. The highest BCUT2D eigenvalue weighted by Crippen LogP contribution is 2.34. The van der Waals surface area contributed by atoms with E-state index < -0.39 is 11.8 Å². The molecule has 0 atom stereocenters. The zero-order valence-corrected chi connectivity index (χ0v) is 19.8. The number of thiocarbonyl (C=S) groups is 1. The molecule has 0 spiro atoms. The van der Waals surface area contributed by atoms with E-state index in [1.165, 1.54) is 29.2 Å². The van der Waals surface area contributed by atoms with E-state index in [0.29, 0.717) is 27.8 Å². The molecule has 3 aromatic rings. The van der Waals surface area contributed by atoms with Crippen molar-refractivity contribution in [3.8, 4) is 23.0 Å². The number of hydrogen-bond donors (Lipinski definition) is 3. The van der Waals surface area contributed by atoms with Gasteiger partial charge < -0.3 is 20.3 Å². The minimum Gasteiger partial charge on any atom is -0.508 e. The van der Waals surface area contributed by atoms with Crippen molar-refractivity contribution in [1.82, 2.24) is 4.90 Å². The first-order valence-electron chi connectivity index (χ1n) is 9.89. The van der Waals surface area contributed by atoms with E-state index in [9.17, 15) is 19.8 Å². The molecule has 3 N–H and O–H groups in total. The van der Waals surface area contributed by atoms with Gasteiger partial charge in [0.2, 0.25) is 5.91 Å². The zero-order valence-electron chi connectivity index (χ0n) is 17.4. The van der Waals surface area contributed by atoms with E-state index in [-0.39, 0.29) is 27.3 Å². The molecule has 4 rings (SSSR count). The lowest BCUT2D eigenvalue weighted by atomic mass is 10.1. The average Bonchev–Trinajstić information content (AvgIpc) is 3.06. The van der Waals surface area contributed by atoms with E-state index in [2.05, 4.69) is 5.32 Å². The predicted molar refractivity (Wildman–Crippen MR) is 136 cm³/mol. The second-order valence-electron chi connectivity index (χ2n) is 7.14. The molecule has 3 aromatic carbocycles. The third kappa shape index (κ3) is 5.69. The van der Waals surface area contributed by atoms with Gasteiger partial charge in [0, 0.05) is 22.3 Å².